The maximum absolute atomic E-state index is 12.1. The van der Waals surface area contributed by atoms with Gasteiger partial charge in [-0.2, -0.15) is 0 Å². The minimum atomic E-state index is -0.936. The number of hydrogen-bond acceptors (Lipinski definition) is 2. The highest BCUT2D eigenvalue weighted by molar-refractivity contribution is 9.10. The molecule has 1 aromatic rings. The first-order valence-corrected chi connectivity index (χ1v) is 6.17. The van der Waals surface area contributed by atoms with Crippen LogP contribution in [-0.2, 0) is 4.79 Å². The Balaban J connectivity index is 2.22. The second-order valence-electron chi connectivity index (χ2n) is 4.28. The van der Waals surface area contributed by atoms with Gasteiger partial charge in [0.25, 0.3) is 5.91 Å². The molecule has 0 saturated carbocycles. The fraction of sp³-hybridized carbons (Fsp3) is 0.455. The van der Waals surface area contributed by atoms with E-state index in [-0.39, 0.29) is 11.8 Å². The largest absolute Gasteiger partial charge is 0.480 e. The van der Waals surface area contributed by atoms with Crippen molar-refractivity contribution < 1.29 is 14.7 Å². The van der Waals surface area contributed by atoms with Crippen LogP contribution in [0.1, 0.15) is 23.8 Å². The number of likely N-dealkylation sites (tertiary alicyclic amines) is 1. The number of halogens is 1. The van der Waals surface area contributed by atoms with Gasteiger partial charge in [0.1, 0.15) is 11.7 Å². The Morgan fingerprint density at radius 3 is 2.82 bits per heavy atom. The van der Waals surface area contributed by atoms with E-state index in [4.69, 9.17) is 5.11 Å². The number of nitrogens with zero attached hydrogens (tertiary/aromatic N) is 1. The lowest BCUT2D eigenvalue weighted by molar-refractivity contribution is -0.142. The quantitative estimate of drug-likeness (QED) is 0.873. The fourth-order valence-corrected chi connectivity index (χ4v) is 2.54. The molecule has 6 heteroatoms. The number of carbonyl (C=O) groups excluding carboxylic acids is 1. The van der Waals surface area contributed by atoms with E-state index < -0.39 is 12.0 Å². The third-order valence-corrected chi connectivity index (χ3v) is 3.55. The third-order valence-electron chi connectivity index (χ3n) is 3.09. The van der Waals surface area contributed by atoms with Crippen molar-refractivity contribution in [3.05, 3.63) is 22.4 Å². The number of amides is 1. The smallest absolute Gasteiger partial charge is 0.326 e. The van der Waals surface area contributed by atoms with Gasteiger partial charge < -0.3 is 15.0 Å². The molecular weight excluding hydrogens is 288 g/mol. The average Bonchev–Trinajstić information content (AvgIpc) is 2.83. The van der Waals surface area contributed by atoms with Crippen LogP contribution < -0.4 is 0 Å². The first-order valence-electron chi connectivity index (χ1n) is 5.38. The van der Waals surface area contributed by atoms with Gasteiger partial charge in [-0.3, -0.25) is 4.79 Å². The van der Waals surface area contributed by atoms with Gasteiger partial charge in [0.15, 0.2) is 0 Å². The number of aromatic nitrogens is 1. The molecule has 1 saturated heterocycles. The number of nitrogens with one attached hydrogen (secondary N) is 1. The molecule has 0 bridgehead atoms. The summed E-state index contributed by atoms with van der Waals surface area (Å²) in [5.41, 5.74) is 0.414. The average molecular weight is 301 g/mol. The summed E-state index contributed by atoms with van der Waals surface area (Å²) in [6.07, 6.45) is 2.38. The summed E-state index contributed by atoms with van der Waals surface area (Å²) < 4.78 is 0.778. The lowest BCUT2D eigenvalue weighted by Crippen LogP contribution is -2.42. The normalized spacial score (nSPS) is 24.0. The Kier molecular flexibility index (Phi) is 3.24. The second kappa shape index (κ2) is 4.52. The van der Waals surface area contributed by atoms with Crippen molar-refractivity contribution in [1.29, 1.82) is 0 Å². The predicted molar refractivity (Wildman–Crippen MR) is 64.7 cm³/mol. The van der Waals surface area contributed by atoms with Crippen LogP contribution in [-0.4, -0.2) is 39.5 Å². The number of H-pyrrole nitrogens is 1. The van der Waals surface area contributed by atoms with Gasteiger partial charge in [-0.15, -0.1) is 0 Å². The topological polar surface area (TPSA) is 73.4 Å². The lowest BCUT2D eigenvalue weighted by Gasteiger charge is -2.22. The number of carboxylic acids is 1. The van der Waals surface area contributed by atoms with Crippen LogP contribution in [0.4, 0.5) is 0 Å². The zero-order valence-corrected chi connectivity index (χ0v) is 10.9. The molecule has 2 atom stereocenters. The molecule has 1 amide bonds. The minimum Gasteiger partial charge on any atom is -0.480 e. The van der Waals surface area contributed by atoms with Crippen molar-refractivity contribution in [3.8, 4) is 0 Å². The van der Waals surface area contributed by atoms with Crippen LogP contribution in [0.15, 0.2) is 16.7 Å². The molecule has 1 aliphatic rings. The van der Waals surface area contributed by atoms with Gasteiger partial charge in [-0.05, 0) is 34.3 Å². The molecule has 2 N–H and O–H groups in total. The van der Waals surface area contributed by atoms with Crippen molar-refractivity contribution >= 4 is 27.8 Å². The van der Waals surface area contributed by atoms with E-state index in [1.807, 2.05) is 6.92 Å². The summed E-state index contributed by atoms with van der Waals surface area (Å²) in [7, 11) is 0. The van der Waals surface area contributed by atoms with E-state index in [2.05, 4.69) is 20.9 Å². The second-order valence-corrected chi connectivity index (χ2v) is 5.19. The zero-order valence-electron chi connectivity index (χ0n) is 9.31. The molecule has 1 aromatic heterocycles. The number of aromatic amines is 1. The van der Waals surface area contributed by atoms with Crippen LogP contribution in [0.2, 0.25) is 0 Å². The Labute approximate surface area is 107 Å². The van der Waals surface area contributed by atoms with E-state index in [1.54, 1.807) is 12.3 Å². The number of rotatable bonds is 2. The van der Waals surface area contributed by atoms with Crippen molar-refractivity contribution in [2.45, 2.75) is 19.4 Å². The Hall–Kier alpha value is -1.30. The highest BCUT2D eigenvalue weighted by Gasteiger charge is 2.40. The Bertz CT molecular complexity index is 457. The molecule has 1 fully saturated rings. The summed E-state index contributed by atoms with van der Waals surface area (Å²) in [6.45, 7) is 2.35. The molecule has 2 rings (SSSR count). The van der Waals surface area contributed by atoms with Crippen LogP contribution >= 0.6 is 15.9 Å². The van der Waals surface area contributed by atoms with Crippen LogP contribution in [0.25, 0.3) is 0 Å². The first-order chi connectivity index (χ1) is 8.00. The number of carboxylic acid groups (broad SMARTS) is 1. The number of carbonyl (C=O) groups is 2. The predicted octanol–water partition coefficient (Wildman–Crippen LogP) is 1.71. The van der Waals surface area contributed by atoms with Crippen molar-refractivity contribution in [2.75, 3.05) is 6.54 Å². The van der Waals surface area contributed by atoms with Crippen molar-refractivity contribution in [2.24, 2.45) is 5.92 Å². The van der Waals surface area contributed by atoms with Gasteiger partial charge in [0.2, 0.25) is 0 Å². The van der Waals surface area contributed by atoms with Gasteiger partial charge in [0.05, 0.1) is 0 Å². The highest BCUT2D eigenvalue weighted by atomic mass is 79.9. The molecular formula is C11H13BrN2O3. The van der Waals surface area contributed by atoms with Gasteiger partial charge in [-0.25, -0.2) is 4.79 Å². The van der Waals surface area contributed by atoms with Crippen LogP contribution in [0.5, 0.6) is 0 Å². The maximum Gasteiger partial charge on any atom is 0.326 e. The van der Waals surface area contributed by atoms with E-state index in [1.165, 1.54) is 4.90 Å². The summed E-state index contributed by atoms with van der Waals surface area (Å²) in [6, 6.07) is 0.939. The SMILES string of the molecule is CC1CCN(C(=O)c2cc(Br)c[nH]2)C1C(=O)O. The number of aliphatic carboxylic acids is 1. The summed E-state index contributed by atoms with van der Waals surface area (Å²) in [5.74, 6) is -1.20. The monoisotopic (exact) mass is 300 g/mol. The highest BCUT2D eigenvalue weighted by Crippen LogP contribution is 2.26. The molecule has 17 heavy (non-hydrogen) atoms. The molecule has 0 radical (unpaired) electrons. The van der Waals surface area contributed by atoms with E-state index in [0.29, 0.717) is 12.2 Å². The van der Waals surface area contributed by atoms with Crippen molar-refractivity contribution in [3.63, 3.8) is 0 Å². The van der Waals surface area contributed by atoms with E-state index >= 15 is 0 Å². The molecule has 0 aliphatic carbocycles. The van der Waals surface area contributed by atoms with Gasteiger partial charge >= 0.3 is 5.97 Å². The minimum absolute atomic E-state index is 0.00477. The maximum atomic E-state index is 12.1. The summed E-state index contributed by atoms with van der Waals surface area (Å²) >= 11 is 3.25. The Morgan fingerprint density at radius 1 is 1.59 bits per heavy atom. The standard InChI is InChI=1S/C11H13BrN2O3/c1-6-2-3-14(9(6)11(16)17)10(15)8-4-7(12)5-13-8/h4-6,9,13H,2-3H2,1H3,(H,16,17). The third kappa shape index (κ3) is 2.22. The molecule has 2 heterocycles. The van der Waals surface area contributed by atoms with Crippen molar-refractivity contribution in [1.82, 2.24) is 9.88 Å². The van der Waals surface area contributed by atoms with E-state index in [0.717, 1.165) is 10.9 Å². The van der Waals surface area contributed by atoms with Gasteiger partial charge in [-0.1, -0.05) is 6.92 Å². The first kappa shape index (κ1) is 12.2. The molecule has 0 spiro atoms. The zero-order chi connectivity index (χ0) is 12.6. The van der Waals surface area contributed by atoms with Crippen LogP contribution in [0.3, 0.4) is 0 Å². The molecule has 0 aromatic carbocycles. The molecule has 2 unspecified atom stereocenters. The van der Waals surface area contributed by atoms with Gasteiger partial charge in [0, 0.05) is 17.2 Å². The lowest BCUT2D eigenvalue weighted by atomic mass is 10.0. The molecule has 5 nitrogen and oxygen atoms in total. The van der Waals surface area contributed by atoms with E-state index in [9.17, 15) is 9.59 Å². The summed E-state index contributed by atoms with van der Waals surface area (Å²) in [5, 5.41) is 9.14. The number of hydrogen-bond donors (Lipinski definition) is 2. The van der Waals surface area contributed by atoms with Crippen LogP contribution in [0, 0.1) is 5.92 Å². The molecule has 1 aliphatic heterocycles. The Morgan fingerprint density at radius 2 is 2.29 bits per heavy atom. The fourth-order valence-electron chi connectivity index (χ4n) is 2.20. The summed E-state index contributed by atoms with van der Waals surface area (Å²) in [4.78, 5) is 27.5. The molecule has 92 valence electrons.